The summed E-state index contributed by atoms with van der Waals surface area (Å²) in [4.78, 5) is 0. The van der Waals surface area contributed by atoms with Crippen LogP contribution in [0.25, 0.3) is 0 Å². The Morgan fingerprint density at radius 1 is 0.824 bits per heavy atom. The Kier molecular flexibility index (Phi) is 5.06. The van der Waals surface area contributed by atoms with Crippen LogP contribution in [0.1, 0.15) is 81.5 Å². The molecule has 0 bridgehead atoms. The van der Waals surface area contributed by atoms with Gasteiger partial charge in [0.1, 0.15) is 0 Å². The highest BCUT2D eigenvalue weighted by Crippen LogP contribution is 2.36. The lowest BCUT2D eigenvalue weighted by atomic mass is 9.81. The van der Waals surface area contributed by atoms with E-state index in [0.717, 1.165) is 0 Å². The molecule has 1 aromatic carbocycles. The van der Waals surface area contributed by atoms with E-state index in [1.54, 1.807) is 0 Å². The summed E-state index contributed by atoms with van der Waals surface area (Å²) >= 11 is 6.08. The summed E-state index contributed by atoms with van der Waals surface area (Å²) in [6.07, 6.45) is 0. The van der Waals surface area contributed by atoms with Crippen LogP contribution in [0.5, 0.6) is 0 Å². The molecule has 0 heterocycles. The first-order valence-corrected chi connectivity index (χ1v) is 7.15. The van der Waals surface area contributed by atoms with E-state index in [-0.39, 0.29) is 0 Å². The fraction of sp³-hybridized carbons (Fsp3) is 0.625. The molecule has 0 spiro atoms. The Morgan fingerprint density at radius 2 is 1.35 bits per heavy atom. The van der Waals surface area contributed by atoms with Gasteiger partial charge in [-0.2, -0.15) is 0 Å². The Morgan fingerprint density at radius 3 is 1.71 bits per heavy atom. The molecule has 1 heteroatoms. The van der Waals surface area contributed by atoms with Crippen LogP contribution >= 0.6 is 11.6 Å². The fourth-order valence-electron chi connectivity index (χ4n) is 2.64. The number of halogens is 1. The van der Waals surface area contributed by atoms with Crippen LogP contribution in [0, 0.1) is 0 Å². The van der Waals surface area contributed by atoms with Gasteiger partial charge in [0, 0.05) is 5.88 Å². The Labute approximate surface area is 111 Å². The van der Waals surface area contributed by atoms with E-state index in [1.807, 2.05) is 0 Å². The summed E-state index contributed by atoms with van der Waals surface area (Å²) in [6, 6.07) is 4.48. The standard InChI is InChI=1S/C16H25Cl/c1-10(2)14-8-7-13(9-17)15(11(3)4)16(14)12(5)6/h7-8,10-12H,9H2,1-6H3. The van der Waals surface area contributed by atoms with Gasteiger partial charge in [0.05, 0.1) is 0 Å². The van der Waals surface area contributed by atoms with E-state index in [2.05, 4.69) is 53.7 Å². The third-order valence-electron chi connectivity index (χ3n) is 3.33. The molecule has 96 valence electrons. The van der Waals surface area contributed by atoms with Crippen molar-refractivity contribution in [2.24, 2.45) is 0 Å². The third kappa shape index (κ3) is 3.04. The number of hydrogen-bond acceptors (Lipinski definition) is 0. The maximum absolute atomic E-state index is 6.08. The van der Waals surface area contributed by atoms with Crippen LogP contribution < -0.4 is 0 Å². The number of rotatable bonds is 4. The molecular weight excluding hydrogens is 228 g/mol. The van der Waals surface area contributed by atoms with Gasteiger partial charge in [-0.05, 0) is 40.0 Å². The van der Waals surface area contributed by atoms with Crippen molar-refractivity contribution in [3.63, 3.8) is 0 Å². The summed E-state index contributed by atoms with van der Waals surface area (Å²) in [6.45, 7) is 13.6. The number of benzene rings is 1. The molecule has 0 aliphatic heterocycles. The van der Waals surface area contributed by atoms with Crippen LogP contribution in [-0.2, 0) is 5.88 Å². The Bertz CT molecular complexity index is 375. The molecule has 0 fully saturated rings. The molecule has 0 saturated carbocycles. The molecule has 0 radical (unpaired) electrons. The lowest BCUT2D eigenvalue weighted by Gasteiger charge is -2.25. The summed E-state index contributed by atoms with van der Waals surface area (Å²) in [5.41, 5.74) is 5.78. The second-order valence-corrected chi connectivity index (χ2v) is 6.01. The van der Waals surface area contributed by atoms with Crippen molar-refractivity contribution < 1.29 is 0 Å². The predicted molar refractivity (Wildman–Crippen MR) is 78.3 cm³/mol. The van der Waals surface area contributed by atoms with E-state index < -0.39 is 0 Å². The van der Waals surface area contributed by atoms with Gasteiger partial charge in [0.2, 0.25) is 0 Å². The maximum Gasteiger partial charge on any atom is 0.0477 e. The first-order chi connectivity index (χ1) is 7.90. The molecule has 0 unspecified atom stereocenters. The highest BCUT2D eigenvalue weighted by atomic mass is 35.5. The van der Waals surface area contributed by atoms with Gasteiger partial charge in [-0.1, -0.05) is 53.7 Å². The number of hydrogen-bond donors (Lipinski definition) is 0. The van der Waals surface area contributed by atoms with E-state index >= 15 is 0 Å². The van der Waals surface area contributed by atoms with Crippen LogP contribution in [0.2, 0.25) is 0 Å². The smallest absolute Gasteiger partial charge is 0.0477 e. The van der Waals surface area contributed by atoms with Crippen molar-refractivity contribution in [3.05, 3.63) is 34.4 Å². The van der Waals surface area contributed by atoms with Crippen LogP contribution in [0.3, 0.4) is 0 Å². The molecule has 1 aromatic rings. The molecule has 17 heavy (non-hydrogen) atoms. The van der Waals surface area contributed by atoms with Crippen LogP contribution in [0.15, 0.2) is 12.1 Å². The Hall–Kier alpha value is -0.490. The van der Waals surface area contributed by atoms with Crippen molar-refractivity contribution in [1.29, 1.82) is 0 Å². The highest BCUT2D eigenvalue weighted by molar-refractivity contribution is 6.17. The summed E-state index contributed by atoms with van der Waals surface area (Å²) in [7, 11) is 0. The average Bonchev–Trinajstić information content (AvgIpc) is 2.26. The SMILES string of the molecule is CC(C)c1ccc(CCl)c(C(C)C)c1C(C)C. The molecular formula is C16H25Cl. The van der Waals surface area contributed by atoms with Crippen molar-refractivity contribution >= 4 is 11.6 Å². The van der Waals surface area contributed by atoms with E-state index in [9.17, 15) is 0 Å². The summed E-state index contributed by atoms with van der Waals surface area (Å²) < 4.78 is 0. The molecule has 1 rings (SSSR count). The molecule has 0 N–H and O–H groups in total. The highest BCUT2D eigenvalue weighted by Gasteiger charge is 2.19. The van der Waals surface area contributed by atoms with E-state index in [0.29, 0.717) is 23.6 Å². The lowest BCUT2D eigenvalue weighted by molar-refractivity contribution is 0.742. The van der Waals surface area contributed by atoms with E-state index in [1.165, 1.54) is 22.3 Å². The minimum absolute atomic E-state index is 0.542. The van der Waals surface area contributed by atoms with Gasteiger partial charge < -0.3 is 0 Å². The third-order valence-corrected chi connectivity index (χ3v) is 3.62. The van der Waals surface area contributed by atoms with E-state index in [4.69, 9.17) is 11.6 Å². The normalized spacial score (nSPS) is 11.9. The summed E-state index contributed by atoms with van der Waals surface area (Å²) in [5, 5.41) is 0. The zero-order valence-corrected chi connectivity index (χ0v) is 12.7. The van der Waals surface area contributed by atoms with Crippen molar-refractivity contribution in [2.45, 2.75) is 65.2 Å². The Balaban J connectivity index is 3.53. The zero-order chi connectivity index (χ0) is 13.2. The molecule has 0 nitrogen and oxygen atoms in total. The molecule has 0 atom stereocenters. The van der Waals surface area contributed by atoms with Crippen molar-refractivity contribution in [3.8, 4) is 0 Å². The second kappa shape index (κ2) is 5.91. The van der Waals surface area contributed by atoms with Gasteiger partial charge in [0.15, 0.2) is 0 Å². The van der Waals surface area contributed by atoms with Gasteiger partial charge in [-0.3, -0.25) is 0 Å². The van der Waals surface area contributed by atoms with Gasteiger partial charge in [-0.15, -0.1) is 11.6 Å². The molecule has 0 saturated heterocycles. The minimum atomic E-state index is 0.542. The average molecular weight is 253 g/mol. The lowest BCUT2D eigenvalue weighted by Crippen LogP contribution is -2.08. The molecule has 0 amide bonds. The molecule has 0 aliphatic rings. The predicted octanol–water partition coefficient (Wildman–Crippen LogP) is 5.80. The van der Waals surface area contributed by atoms with Gasteiger partial charge in [0.25, 0.3) is 0 Å². The first kappa shape index (κ1) is 14.6. The maximum atomic E-state index is 6.08. The van der Waals surface area contributed by atoms with Crippen molar-refractivity contribution in [1.82, 2.24) is 0 Å². The zero-order valence-electron chi connectivity index (χ0n) is 12.0. The van der Waals surface area contributed by atoms with Crippen LogP contribution in [0.4, 0.5) is 0 Å². The second-order valence-electron chi connectivity index (χ2n) is 5.74. The molecule has 0 aliphatic carbocycles. The fourth-order valence-corrected chi connectivity index (χ4v) is 2.88. The minimum Gasteiger partial charge on any atom is -0.122 e. The van der Waals surface area contributed by atoms with Crippen LogP contribution in [-0.4, -0.2) is 0 Å². The number of alkyl halides is 1. The quantitative estimate of drug-likeness (QED) is 0.595. The summed E-state index contributed by atoms with van der Waals surface area (Å²) in [5.74, 6) is 2.30. The largest absolute Gasteiger partial charge is 0.122 e. The molecule has 0 aromatic heterocycles. The first-order valence-electron chi connectivity index (χ1n) is 6.61. The topological polar surface area (TPSA) is 0 Å². The monoisotopic (exact) mass is 252 g/mol. The van der Waals surface area contributed by atoms with Gasteiger partial charge in [-0.25, -0.2) is 0 Å². The van der Waals surface area contributed by atoms with Gasteiger partial charge >= 0.3 is 0 Å². The van der Waals surface area contributed by atoms with Crippen molar-refractivity contribution in [2.75, 3.05) is 0 Å².